The van der Waals surface area contributed by atoms with Crippen molar-refractivity contribution >= 4 is 5.91 Å². The Balaban J connectivity index is 2.41. The quantitative estimate of drug-likeness (QED) is 0.698. The molecule has 0 bridgehead atoms. The second-order valence-corrected chi connectivity index (χ2v) is 3.62. The van der Waals surface area contributed by atoms with E-state index in [1.54, 1.807) is 19.4 Å². The van der Waals surface area contributed by atoms with Crippen molar-refractivity contribution < 1.29 is 9.90 Å². The highest BCUT2D eigenvalue weighted by atomic mass is 16.3. The molecule has 0 radical (unpaired) electrons. The smallest absolute Gasteiger partial charge is 0.252 e. The number of hydrogen-bond donors (Lipinski definition) is 2. The molecular weight excluding hydrogens is 206 g/mol. The zero-order chi connectivity index (χ0) is 12.0. The molecule has 0 saturated carbocycles. The molecule has 88 valence electrons. The lowest BCUT2D eigenvalue weighted by Gasteiger charge is -2.19. The van der Waals surface area contributed by atoms with Crippen LogP contribution in [0.25, 0.3) is 0 Å². The molecule has 16 heavy (non-hydrogen) atoms. The van der Waals surface area contributed by atoms with Gasteiger partial charge in [-0.3, -0.25) is 9.78 Å². The molecule has 1 aromatic rings. The number of aromatic nitrogens is 1. The van der Waals surface area contributed by atoms with Gasteiger partial charge in [0.15, 0.2) is 0 Å². The molecule has 1 atom stereocenters. The third-order valence-corrected chi connectivity index (χ3v) is 2.37. The van der Waals surface area contributed by atoms with E-state index in [2.05, 4.69) is 4.98 Å². The van der Waals surface area contributed by atoms with Crippen LogP contribution in [0.2, 0.25) is 0 Å². The Kier molecular flexibility index (Phi) is 4.88. The van der Waals surface area contributed by atoms with Gasteiger partial charge in [-0.15, -0.1) is 0 Å². The van der Waals surface area contributed by atoms with E-state index in [1.165, 1.54) is 4.90 Å². The molecule has 5 nitrogen and oxygen atoms in total. The molecule has 0 spiro atoms. The molecule has 1 amide bonds. The number of likely N-dealkylation sites (N-methyl/N-ethyl adjacent to an activating group) is 1. The Morgan fingerprint density at radius 3 is 2.75 bits per heavy atom. The maximum atomic E-state index is 11.5. The van der Waals surface area contributed by atoms with Crippen molar-refractivity contribution in [3.8, 4) is 0 Å². The minimum absolute atomic E-state index is 0.0432. The van der Waals surface area contributed by atoms with Crippen molar-refractivity contribution in [1.82, 2.24) is 9.88 Å². The van der Waals surface area contributed by atoms with Gasteiger partial charge in [-0.1, -0.05) is 0 Å². The van der Waals surface area contributed by atoms with E-state index in [1.807, 2.05) is 12.1 Å². The van der Waals surface area contributed by atoms with Gasteiger partial charge in [-0.25, -0.2) is 0 Å². The van der Waals surface area contributed by atoms with Crippen molar-refractivity contribution in [3.05, 3.63) is 30.1 Å². The Hall–Kier alpha value is -1.46. The average Bonchev–Trinajstić information content (AvgIpc) is 2.35. The van der Waals surface area contributed by atoms with Crippen molar-refractivity contribution in [3.63, 3.8) is 0 Å². The highest BCUT2D eigenvalue weighted by Crippen LogP contribution is 2.00. The third kappa shape index (κ3) is 3.60. The van der Waals surface area contributed by atoms with Crippen molar-refractivity contribution in [2.75, 3.05) is 20.1 Å². The molecule has 5 heteroatoms. The predicted octanol–water partition coefficient (Wildman–Crippen LogP) is -0.598. The summed E-state index contributed by atoms with van der Waals surface area (Å²) in [5.74, 6) is -0.337. The normalized spacial score (nSPS) is 12.2. The van der Waals surface area contributed by atoms with E-state index >= 15 is 0 Å². The largest absolute Gasteiger partial charge is 0.382 e. The standard InChI is InChI=1S/C11H17N3O2/c1-14(11(16)10(15)8-12)7-4-9-2-5-13-6-3-9/h2-3,5-6,10,15H,4,7-8,12H2,1H3. The highest BCUT2D eigenvalue weighted by Gasteiger charge is 2.17. The molecule has 0 aromatic carbocycles. The lowest BCUT2D eigenvalue weighted by atomic mass is 10.2. The number of nitrogens with zero attached hydrogens (tertiary/aromatic N) is 2. The molecule has 0 aliphatic heterocycles. The first-order valence-corrected chi connectivity index (χ1v) is 5.17. The van der Waals surface area contributed by atoms with Gasteiger partial charge in [0.1, 0.15) is 6.10 Å². The van der Waals surface area contributed by atoms with Crippen LogP contribution in [0, 0.1) is 0 Å². The highest BCUT2D eigenvalue weighted by molar-refractivity contribution is 5.80. The molecule has 0 aliphatic rings. The van der Waals surface area contributed by atoms with Gasteiger partial charge >= 0.3 is 0 Å². The fraction of sp³-hybridized carbons (Fsp3) is 0.455. The van der Waals surface area contributed by atoms with Crippen LogP contribution in [0.3, 0.4) is 0 Å². The number of pyridine rings is 1. The number of aliphatic hydroxyl groups is 1. The van der Waals surface area contributed by atoms with Crippen molar-refractivity contribution in [1.29, 1.82) is 0 Å². The summed E-state index contributed by atoms with van der Waals surface area (Å²) in [4.78, 5) is 16.9. The maximum Gasteiger partial charge on any atom is 0.252 e. The number of rotatable bonds is 5. The van der Waals surface area contributed by atoms with Gasteiger partial charge in [0, 0.05) is 32.5 Å². The predicted molar refractivity (Wildman–Crippen MR) is 60.6 cm³/mol. The van der Waals surface area contributed by atoms with Crippen LogP contribution in [0.15, 0.2) is 24.5 Å². The van der Waals surface area contributed by atoms with Crippen LogP contribution < -0.4 is 5.73 Å². The van der Waals surface area contributed by atoms with E-state index in [0.717, 1.165) is 12.0 Å². The summed E-state index contributed by atoms with van der Waals surface area (Å²) in [6.45, 7) is 0.512. The molecular formula is C11H17N3O2. The topological polar surface area (TPSA) is 79.5 Å². The Labute approximate surface area is 94.9 Å². The summed E-state index contributed by atoms with van der Waals surface area (Å²) in [7, 11) is 1.66. The average molecular weight is 223 g/mol. The van der Waals surface area contributed by atoms with Crippen LogP contribution in [-0.2, 0) is 11.2 Å². The van der Waals surface area contributed by atoms with Gasteiger partial charge in [0.05, 0.1) is 0 Å². The first-order valence-electron chi connectivity index (χ1n) is 5.17. The van der Waals surface area contributed by atoms with Crippen molar-refractivity contribution in [2.45, 2.75) is 12.5 Å². The van der Waals surface area contributed by atoms with Crippen LogP contribution in [-0.4, -0.2) is 47.1 Å². The van der Waals surface area contributed by atoms with E-state index in [0.29, 0.717) is 6.54 Å². The number of hydrogen-bond acceptors (Lipinski definition) is 4. The lowest BCUT2D eigenvalue weighted by Crippen LogP contribution is -2.41. The zero-order valence-corrected chi connectivity index (χ0v) is 9.34. The molecule has 0 fully saturated rings. The lowest BCUT2D eigenvalue weighted by molar-refractivity contribution is -0.138. The second-order valence-electron chi connectivity index (χ2n) is 3.62. The number of nitrogens with two attached hydrogens (primary N) is 1. The Morgan fingerprint density at radius 1 is 1.56 bits per heavy atom. The summed E-state index contributed by atoms with van der Waals surface area (Å²) in [6.07, 6.45) is 3.07. The molecule has 1 aromatic heterocycles. The first kappa shape index (κ1) is 12.6. The van der Waals surface area contributed by atoms with E-state index < -0.39 is 6.10 Å². The minimum atomic E-state index is -1.09. The number of aliphatic hydroxyl groups excluding tert-OH is 1. The van der Waals surface area contributed by atoms with Crippen LogP contribution in [0.5, 0.6) is 0 Å². The third-order valence-electron chi connectivity index (χ3n) is 2.37. The van der Waals surface area contributed by atoms with Crippen LogP contribution in [0.4, 0.5) is 0 Å². The Bertz CT molecular complexity index is 329. The van der Waals surface area contributed by atoms with Crippen LogP contribution in [0.1, 0.15) is 5.56 Å². The van der Waals surface area contributed by atoms with E-state index in [9.17, 15) is 9.90 Å². The fourth-order valence-corrected chi connectivity index (χ4v) is 1.31. The first-order chi connectivity index (χ1) is 7.65. The van der Waals surface area contributed by atoms with E-state index in [-0.39, 0.29) is 12.5 Å². The number of carbonyl (C=O) groups is 1. The summed E-state index contributed by atoms with van der Waals surface area (Å²) in [5, 5.41) is 9.27. The van der Waals surface area contributed by atoms with Gasteiger partial charge < -0.3 is 15.7 Å². The minimum Gasteiger partial charge on any atom is -0.382 e. The summed E-state index contributed by atoms with van der Waals surface area (Å²) < 4.78 is 0. The van der Waals surface area contributed by atoms with E-state index in [4.69, 9.17) is 5.73 Å². The van der Waals surface area contributed by atoms with Gasteiger partial charge in [0.25, 0.3) is 5.91 Å². The SMILES string of the molecule is CN(CCc1ccncc1)C(=O)C(O)CN. The molecule has 0 aliphatic carbocycles. The molecule has 1 heterocycles. The fourth-order valence-electron chi connectivity index (χ4n) is 1.31. The van der Waals surface area contributed by atoms with Gasteiger partial charge in [0.2, 0.25) is 0 Å². The monoisotopic (exact) mass is 223 g/mol. The summed E-state index contributed by atoms with van der Waals surface area (Å²) in [6, 6.07) is 3.80. The Morgan fingerprint density at radius 2 is 2.19 bits per heavy atom. The maximum absolute atomic E-state index is 11.5. The number of amides is 1. The second kappa shape index (κ2) is 6.19. The zero-order valence-electron chi connectivity index (χ0n) is 9.34. The summed E-state index contributed by atoms with van der Waals surface area (Å²) >= 11 is 0. The van der Waals surface area contributed by atoms with Gasteiger partial charge in [-0.2, -0.15) is 0 Å². The number of carbonyl (C=O) groups excluding carboxylic acids is 1. The van der Waals surface area contributed by atoms with Crippen molar-refractivity contribution in [2.24, 2.45) is 5.73 Å². The van der Waals surface area contributed by atoms with Gasteiger partial charge in [-0.05, 0) is 24.1 Å². The summed E-state index contributed by atoms with van der Waals surface area (Å²) in [5.41, 5.74) is 6.32. The molecule has 3 N–H and O–H groups in total. The molecule has 1 rings (SSSR count). The molecule has 0 saturated heterocycles. The van der Waals surface area contributed by atoms with Crippen LogP contribution >= 0.6 is 0 Å². The molecule has 1 unspecified atom stereocenters.